The van der Waals surface area contributed by atoms with E-state index >= 15 is 0 Å². The van der Waals surface area contributed by atoms with Gasteiger partial charge in [0.1, 0.15) is 0 Å². The third-order valence-electron chi connectivity index (χ3n) is 3.18. The molecule has 0 bridgehead atoms. The van der Waals surface area contributed by atoms with E-state index in [1.54, 1.807) is 6.08 Å². The summed E-state index contributed by atoms with van der Waals surface area (Å²) in [5.74, 6) is 0.152. The number of rotatable bonds is 5. The molecule has 0 radical (unpaired) electrons. The van der Waals surface area contributed by atoms with Crippen molar-refractivity contribution < 1.29 is 8.42 Å². The minimum atomic E-state index is -2.98. The molecule has 1 aliphatic rings. The molecule has 1 aliphatic heterocycles. The molecule has 1 aromatic heterocycles. The molecule has 5 nitrogen and oxygen atoms in total. The van der Waals surface area contributed by atoms with Crippen molar-refractivity contribution in [1.29, 1.82) is 0 Å². The lowest BCUT2D eigenvalue weighted by Gasteiger charge is -2.09. The van der Waals surface area contributed by atoms with Gasteiger partial charge in [-0.25, -0.2) is 8.42 Å². The topological polar surface area (TPSA) is 64.0 Å². The van der Waals surface area contributed by atoms with Gasteiger partial charge < -0.3 is 5.32 Å². The molecule has 2 unspecified atom stereocenters. The predicted molar refractivity (Wildman–Crippen MR) is 70.8 cm³/mol. The van der Waals surface area contributed by atoms with Crippen LogP contribution >= 0.6 is 0 Å². The number of aromatic nitrogens is 2. The van der Waals surface area contributed by atoms with Crippen molar-refractivity contribution in [3.63, 3.8) is 0 Å². The molecule has 0 fully saturated rings. The summed E-state index contributed by atoms with van der Waals surface area (Å²) < 4.78 is 24.4. The fourth-order valence-corrected chi connectivity index (χ4v) is 3.11. The van der Waals surface area contributed by atoms with Crippen LogP contribution < -0.4 is 5.32 Å². The molecule has 2 rings (SSSR count). The Morgan fingerprint density at radius 3 is 3.00 bits per heavy atom. The van der Waals surface area contributed by atoms with E-state index in [9.17, 15) is 8.42 Å². The summed E-state index contributed by atoms with van der Waals surface area (Å²) in [5.41, 5.74) is 0.938. The van der Waals surface area contributed by atoms with Crippen molar-refractivity contribution in [2.24, 2.45) is 0 Å². The van der Waals surface area contributed by atoms with E-state index in [-0.39, 0.29) is 11.8 Å². The summed E-state index contributed by atoms with van der Waals surface area (Å²) >= 11 is 0. The van der Waals surface area contributed by atoms with Crippen molar-refractivity contribution in [2.75, 3.05) is 5.75 Å². The summed E-state index contributed by atoms with van der Waals surface area (Å²) in [6.45, 7) is 4.84. The second-order valence-electron chi connectivity index (χ2n) is 4.69. The van der Waals surface area contributed by atoms with Gasteiger partial charge >= 0.3 is 0 Å². The molecule has 0 saturated carbocycles. The van der Waals surface area contributed by atoms with Gasteiger partial charge in [0.05, 0.1) is 11.4 Å². The second-order valence-corrected chi connectivity index (χ2v) is 6.62. The number of nitrogens with one attached hydrogen (secondary N) is 1. The molecule has 0 spiro atoms. The first-order valence-electron chi connectivity index (χ1n) is 6.18. The number of nitrogens with zero attached hydrogens (tertiary/aromatic N) is 2. The zero-order chi connectivity index (χ0) is 13.2. The van der Waals surface area contributed by atoms with Crippen LogP contribution in [0, 0.1) is 0 Å². The van der Waals surface area contributed by atoms with Gasteiger partial charge in [0.25, 0.3) is 0 Å². The van der Waals surface area contributed by atoms with Gasteiger partial charge in [-0.05, 0) is 19.4 Å². The maximum absolute atomic E-state index is 11.2. The van der Waals surface area contributed by atoms with Crippen LogP contribution in [0.15, 0.2) is 23.7 Å². The number of hydrogen-bond donors (Lipinski definition) is 1. The molecule has 18 heavy (non-hydrogen) atoms. The highest BCUT2D eigenvalue weighted by Crippen LogP contribution is 2.11. The lowest BCUT2D eigenvalue weighted by atomic mass is 10.3. The largest absolute Gasteiger partial charge is 0.304 e. The van der Waals surface area contributed by atoms with Crippen molar-refractivity contribution in [3.8, 4) is 0 Å². The van der Waals surface area contributed by atoms with Crippen LogP contribution in [0.1, 0.15) is 32.0 Å². The molecule has 0 saturated heterocycles. The SMILES string of the molecule is CCC(C)n1ccc(CNC2C=CS(=O)(=O)C2)n1. The van der Waals surface area contributed by atoms with E-state index in [0.29, 0.717) is 12.6 Å². The molecular formula is C12H19N3O2S. The summed E-state index contributed by atoms with van der Waals surface area (Å²) in [5, 5.41) is 8.92. The lowest BCUT2D eigenvalue weighted by Crippen LogP contribution is -2.29. The third kappa shape index (κ3) is 3.20. The van der Waals surface area contributed by atoms with Crippen molar-refractivity contribution >= 4 is 9.84 Å². The van der Waals surface area contributed by atoms with E-state index in [2.05, 4.69) is 24.3 Å². The highest BCUT2D eigenvalue weighted by atomic mass is 32.2. The summed E-state index contributed by atoms with van der Waals surface area (Å²) in [6.07, 6.45) is 4.70. The summed E-state index contributed by atoms with van der Waals surface area (Å²) in [4.78, 5) is 0. The van der Waals surface area contributed by atoms with E-state index < -0.39 is 9.84 Å². The molecule has 0 aromatic carbocycles. The lowest BCUT2D eigenvalue weighted by molar-refractivity contribution is 0.470. The Labute approximate surface area is 108 Å². The molecule has 1 aromatic rings. The zero-order valence-electron chi connectivity index (χ0n) is 10.7. The Balaban J connectivity index is 1.88. The van der Waals surface area contributed by atoms with Crippen molar-refractivity contribution in [3.05, 3.63) is 29.4 Å². The predicted octanol–water partition coefficient (Wildman–Crippen LogP) is 1.25. The minimum absolute atomic E-state index is 0.0938. The fourth-order valence-electron chi connectivity index (χ4n) is 1.84. The highest BCUT2D eigenvalue weighted by molar-refractivity contribution is 7.94. The number of hydrogen-bond acceptors (Lipinski definition) is 4. The van der Waals surface area contributed by atoms with E-state index in [1.807, 2.05) is 16.9 Å². The Morgan fingerprint density at radius 1 is 1.61 bits per heavy atom. The van der Waals surface area contributed by atoms with Gasteiger partial charge in [-0.15, -0.1) is 0 Å². The fraction of sp³-hybridized carbons (Fsp3) is 0.583. The Kier molecular flexibility index (Phi) is 3.87. The molecule has 6 heteroatoms. The van der Waals surface area contributed by atoms with Crippen molar-refractivity contribution in [1.82, 2.24) is 15.1 Å². The maximum Gasteiger partial charge on any atom is 0.173 e. The van der Waals surface area contributed by atoms with E-state index in [1.165, 1.54) is 5.41 Å². The first-order chi connectivity index (χ1) is 8.50. The van der Waals surface area contributed by atoms with Crippen LogP contribution in [0.25, 0.3) is 0 Å². The average Bonchev–Trinajstić information content (AvgIpc) is 2.92. The van der Waals surface area contributed by atoms with Crippen LogP contribution in [0.5, 0.6) is 0 Å². The van der Waals surface area contributed by atoms with Crippen LogP contribution in [-0.4, -0.2) is 30.0 Å². The first-order valence-corrected chi connectivity index (χ1v) is 7.90. The average molecular weight is 269 g/mol. The minimum Gasteiger partial charge on any atom is -0.304 e. The van der Waals surface area contributed by atoms with E-state index in [0.717, 1.165) is 12.1 Å². The molecule has 2 heterocycles. The quantitative estimate of drug-likeness (QED) is 0.874. The highest BCUT2D eigenvalue weighted by Gasteiger charge is 2.21. The van der Waals surface area contributed by atoms with E-state index in [4.69, 9.17) is 0 Å². The first kappa shape index (κ1) is 13.3. The zero-order valence-corrected chi connectivity index (χ0v) is 11.5. The second kappa shape index (κ2) is 5.24. The Hall–Kier alpha value is -1.14. The van der Waals surface area contributed by atoms with Gasteiger partial charge in [-0.2, -0.15) is 5.10 Å². The van der Waals surface area contributed by atoms with Crippen molar-refractivity contribution in [2.45, 2.75) is 38.9 Å². The smallest absolute Gasteiger partial charge is 0.173 e. The molecule has 0 aliphatic carbocycles. The molecule has 2 atom stereocenters. The van der Waals surface area contributed by atoms with Gasteiger partial charge in [-0.1, -0.05) is 13.0 Å². The van der Waals surface area contributed by atoms with Crippen LogP contribution in [0.4, 0.5) is 0 Å². The van der Waals surface area contributed by atoms with Gasteiger partial charge in [-0.3, -0.25) is 4.68 Å². The normalized spacial score (nSPS) is 23.3. The van der Waals surface area contributed by atoms with Crippen LogP contribution in [0.2, 0.25) is 0 Å². The standard InChI is InChI=1S/C12H19N3O2S/c1-3-10(2)15-6-4-11(14-15)8-13-12-5-7-18(16,17)9-12/h4-7,10,12-13H,3,8-9H2,1-2H3. The summed E-state index contributed by atoms with van der Waals surface area (Å²) in [6, 6.07) is 2.26. The van der Waals surface area contributed by atoms with Gasteiger partial charge in [0.2, 0.25) is 0 Å². The number of sulfone groups is 1. The van der Waals surface area contributed by atoms with Crippen LogP contribution in [0.3, 0.4) is 0 Å². The molecule has 0 amide bonds. The Morgan fingerprint density at radius 2 is 2.39 bits per heavy atom. The molecule has 1 N–H and O–H groups in total. The summed E-state index contributed by atoms with van der Waals surface area (Å²) in [7, 11) is -2.98. The van der Waals surface area contributed by atoms with Crippen LogP contribution in [-0.2, 0) is 16.4 Å². The monoisotopic (exact) mass is 269 g/mol. The third-order valence-corrected chi connectivity index (χ3v) is 4.58. The molecular weight excluding hydrogens is 250 g/mol. The van der Waals surface area contributed by atoms with Gasteiger partial charge in [0.15, 0.2) is 9.84 Å². The van der Waals surface area contributed by atoms with Gasteiger partial charge in [0, 0.05) is 30.2 Å². The molecule has 100 valence electrons. The Bertz CT molecular complexity index is 533. The maximum atomic E-state index is 11.2.